The zero-order valence-electron chi connectivity index (χ0n) is 6.19. The van der Waals surface area contributed by atoms with E-state index < -0.39 is 12.5 Å². The number of rotatable bonds is 3. The van der Waals surface area contributed by atoms with Crippen LogP contribution in [0.4, 0.5) is 0 Å². The third-order valence-corrected chi connectivity index (χ3v) is 1.51. The van der Waals surface area contributed by atoms with Gasteiger partial charge in [-0.3, -0.25) is 0 Å². The number of hydrogen-bond acceptors (Lipinski definition) is 4. The summed E-state index contributed by atoms with van der Waals surface area (Å²) in [6.45, 7) is 3.82. The Bertz CT molecular complexity index is 101. The molecule has 1 aliphatic rings. The van der Waals surface area contributed by atoms with Gasteiger partial charge in [0.2, 0.25) is 0 Å². The average molecular weight is 147 g/mol. The van der Waals surface area contributed by atoms with Crippen LogP contribution in [-0.2, 0) is 4.74 Å². The summed E-state index contributed by atoms with van der Waals surface area (Å²) in [5, 5.41) is 18.2. The summed E-state index contributed by atoms with van der Waals surface area (Å²) in [5.41, 5.74) is 0. The molecule has 4 heteroatoms. The van der Waals surface area contributed by atoms with Crippen molar-refractivity contribution in [2.45, 2.75) is 32.5 Å². The van der Waals surface area contributed by atoms with Crippen molar-refractivity contribution in [1.29, 1.82) is 0 Å². The van der Waals surface area contributed by atoms with Gasteiger partial charge in [-0.1, -0.05) is 0 Å². The maximum Gasteiger partial charge on any atom is 0.138 e. The first-order valence-electron chi connectivity index (χ1n) is 3.38. The maximum absolute atomic E-state index is 9.08. The zero-order chi connectivity index (χ0) is 7.72. The lowest BCUT2D eigenvalue weighted by molar-refractivity contribution is -0.107. The van der Waals surface area contributed by atoms with Crippen molar-refractivity contribution in [3.63, 3.8) is 0 Å². The molecule has 10 heavy (non-hydrogen) atoms. The van der Waals surface area contributed by atoms with Crippen LogP contribution in [0.5, 0.6) is 0 Å². The molecule has 0 aromatic heterocycles. The lowest BCUT2D eigenvalue weighted by Crippen LogP contribution is -2.42. The Morgan fingerprint density at radius 1 is 1.40 bits per heavy atom. The minimum atomic E-state index is -0.646. The van der Waals surface area contributed by atoms with E-state index in [0.29, 0.717) is 6.61 Å². The Labute approximate surface area is 60.0 Å². The van der Waals surface area contributed by atoms with Crippen LogP contribution in [0, 0.1) is 0 Å². The molecule has 0 radical (unpaired) electrons. The first kappa shape index (κ1) is 7.94. The van der Waals surface area contributed by atoms with Crippen LogP contribution in [0.2, 0.25) is 0 Å². The highest BCUT2D eigenvalue weighted by atomic mass is 16.6. The number of hydrogen-bond donors (Lipinski definition) is 2. The van der Waals surface area contributed by atoms with Crippen molar-refractivity contribution in [2.24, 2.45) is 0 Å². The molecular weight excluding hydrogens is 134 g/mol. The van der Waals surface area contributed by atoms with E-state index >= 15 is 0 Å². The Morgan fingerprint density at radius 2 is 1.80 bits per heavy atom. The van der Waals surface area contributed by atoms with Gasteiger partial charge in [0.15, 0.2) is 0 Å². The van der Waals surface area contributed by atoms with E-state index in [1.807, 2.05) is 0 Å². The van der Waals surface area contributed by atoms with Gasteiger partial charge in [-0.15, -0.1) is 0 Å². The molecule has 3 unspecified atom stereocenters. The topological polar surface area (TPSA) is 56.2 Å². The monoisotopic (exact) mass is 147 g/mol. The van der Waals surface area contributed by atoms with Gasteiger partial charge >= 0.3 is 0 Å². The van der Waals surface area contributed by atoms with Crippen LogP contribution in [0.3, 0.4) is 0 Å². The molecule has 0 bridgehead atoms. The van der Waals surface area contributed by atoms with Crippen molar-refractivity contribution < 1.29 is 14.9 Å². The molecule has 1 fully saturated rings. The van der Waals surface area contributed by atoms with E-state index in [-0.39, 0.29) is 6.23 Å². The Kier molecular flexibility index (Phi) is 2.25. The van der Waals surface area contributed by atoms with E-state index in [2.05, 4.69) is 0 Å². The molecule has 0 spiro atoms. The van der Waals surface area contributed by atoms with Gasteiger partial charge < -0.3 is 14.9 Å². The van der Waals surface area contributed by atoms with Gasteiger partial charge in [-0.2, -0.15) is 0 Å². The number of aliphatic hydroxyl groups is 2. The smallest absolute Gasteiger partial charge is 0.138 e. The molecule has 2 N–H and O–H groups in total. The fourth-order valence-electron chi connectivity index (χ4n) is 1.01. The van der Waals surface area contributed by atoms with Gasteiger partial charge in [0.05, 0.1) is 6.61 Å². The Morgan fingerprint density at radius 3 is 1.90 bits per heavy atom. The van der Waals surface area contributed by atoms with Crippen LogP contribution in [0.25, 0.3) is 0 Å². The molecule has 60 valence electrons. The molecule has 0 aromatic carbocycles. The summed E-state index contributed by atoms with van der Waals surface area (Å²) in [5.74, 6) is 0. The number of ether oxygens (including phenoxy) is 1. The molecule has 0 amide bonds. The van der Waals surface area contributed by atoms with E-state index in [1.165, 1.54) is 4.90 Å². The first-order chi connectivity index (χ1) is 4.63. The fraction of sp³-hybridized carbons (Fsp3) is 1.00. The van der Waals surface area contributed by atoms with E-state index in [1.54, 1.807) is 13.8 Å². The van der Waals surface area contributed by atoms with Gasteiger partial charge in [-0.25, -0.2) is 4.90 Å². The summed E-state index contributed by atoms with van der Waals surface area (Å²) < 4.78 is 4.90. The van der Waals surface area contributed by atoms with Crippen LogP contribution in [0.15, 0.2) is 0 Å². The van der Waals surface area contributed by atoms with Crippen LogP contribution < -0.4 is 0 Å². The number of nitrogens with zero attached hydrogens (tertiary/aromatic N) is 1. The summed E-state index contributed by atoms with van der Waals surface area (Å²) in [6.07, 6.45) is -1.38. The molecule has 1 aliphatic heterocycles. The highest BCUT2D eigenvalue weighted by Crippen LogP contribution is 2.19. The molecule has 1 heterocycles. The maximum atomic E-state index is 9.08. The lowest BCUT2D eigenvalue weighted by Gasteiger charge is -2.25. The molecular formula is C6H13NO3. The molecule has 0 aromatic rings. The zero-order valence-corrected chi connectivity index (χ0v) is 6.19. The largest absolute Gasteiger partial charge is 0.379 e. The third kappa shape index (κ3) is 1.67. The fourth-order valence-corrected chi connectivity index (χ4v) is 1.01. The number of aliphatic hydroxyl groups excluding tert-OH is 2. The second-order valence-corrected chi connectivity index (χ2v) is 2.50. The highest BCUT2D eigenvalue weighted by molar-refractivity contribution is 4.73. The first-order valence-corrected chi connectivity index (χ1v) is 3.38. The van der Waals surface area contributed by atoms with E-state index in [9.17, 15) is 0 Å². The van der Waals surface area contributed by atoms with Crippen molar-refractivity contribution in [3.05, 3.63) is 0 Å². The van der Waals surface area contributed by atoms with Gasteiger partial charge in [0.25, 0.3) is 0 Å². The van der Waals surface area contributed by atoms with E-state index in [4.69, 9.17) is 14.9 Å². The molecule has 1 saturated heterocycles. The van der Waals surface area contributed by atoms with Gasteiger partial charge in [0.1, 0.15) is 18.7 Å². The summed E-state index contributed by atoms with van der Waals surface area (Å²) >= 11 is 0. The summed E-state index contributed by atoms with van der Waals surface area (Å²) in [7, 11) is 0. The van der Waals surface area contributed by atoms with Crippen molar-refractivity contribution in [3.8, 4) is 0 Å². The molecule has 0 saturated carbocycles. The molecule has 0 aliphatic carbocycles. The van der Waals surface area contributed by atoms with Gasteiger partial charge in [0, 0.05) is 0 Å². The predicted molar refractivity (Wildman–Crippen MR) is 34.9 cm³/mol. The summed E-state index contributed by atoms with van der Waals surface area (Å²) in [6, 6.07) is 0. The quantitative estimate of drug-likeness (QED) is 0.410. The SMILES string of the molecule is CC(O)N(C(C)O)C1CO1. The van der Waals surface area contributed by atoms with Crippen LogP contribution >= 0.6 is 0 Å². The third-order valence-electron chi connectivity index (χ3n) is 1.51. The Hall–Kier alpha value is -0.160. The van der Waals surface area contributed by atoms with Gasteiger partial charge in [-0.05, 0) is 13.8 Å². The highest BCUT2D eigenvalue weighted by Gasteiger charge is 2.35. The normalized spacial score (nSPS) is 30.3. The van der Waals surface area contributed by atoms with Crippen molar-refractivity contribution >= 4 is 0 Å². The number of epoxide rings is 1. The van der Waals surface area contributed by atoms with Crippen molar-refractivity contribution in [2.75, 3.05) is 6.61 Å². The average Bonchev–Trinajstić information content (AvgIpc) is 2.46. The Balaban J connectivity index is 2.41. The molecule has 1 rings (SSSR count). The summed E-state index contributed by atoms with van der Waals surface area (Å²) in [4.78, 5) is 1.50. The second-order valence-electron chi connectivity index (χ2n) is 2.50. The standard InChI is InChI=1S/C6H13NO3/c1-4(8)7(5(2)9)6-3-10-6/h4-6,8-9H,3H2,1-2H3. The minimum Gasteiger partial charge on any atom is -0.379 e. The van der Waals surface area contributed by atoms with Crippen LogP contribution in [-0.4, -0.2) is 40.4 Å². The predicted octanol–water partition coefficient (Wildman–Crippen LogP) is -0.679. The second kappa shape index (κ2) is 2.84. The minimum absolute atomic E-state index is 0.0833. The van der Waals surface area contributed by atoms with E-state index in [0.717, 1.165) is 0 Å². The lowest BCUT2D eigenvalue weighted by atomic mass is 10.4. The van der Waals surface area contributed by atoms with Crippen LogP contribution in [0.1, 0.15) is 13.8 Å². The molecule has 4 nitrogen and oxygen atoms in total. The molecule has 3 atom stereocenters. The van der Waals surface area contributed by atoms with Crippen molar-refractivity contribution in [1.82, 2.24) is 4.90 Å².